The summed E-state index contributed by atoms with van der Waals surface area (Å²) in [6.07, 6.45) is 3.46. The summed E-state index contributed by atoms with van der Waals surface area (Å²) in [7, 11) is 0. The molecule has 0 aliphatic carbocycles. The van der Waals surface area contributed by atoms with Crippen molar-refractivity contribution in [3.8, 4) is 11.1 Å². The van der Waals surface area contributed by atoms with Gasteiger partial charge in [0.05, 0.1) is 5.71 Å². The Morgan fingerprint density at radius 1 is 1.00 bits per heavy atom. The fraction of sp³-hybridized carbons (Fsp3) is 0.381. The molecule has 2 aliphatic rings. The highest BCUT2D eigenvalue weighted by atomic mass is 16.6. The third-order valence-electron chi connectivity index (χ3n) is 5.06. The summed E-state index contributed by atoms with van der Waals surface area (Å²) in [5.41, 5.74) is 11.7. The lowest BCUT2D eigenvalue weighted by Crippen LogP contribution is -2.20. The second-order valence-corrected chi connectivity index (χ2v) is 6.97. The van der Waals surface area contributed by atoms with Gasteiger partial charge >= 0.3 is 0 Å². The van der Waals surface area contributed by atoms with Crippen molar-refractivity contribution in [1.82, 2.24) is 4.90 Å². The van der Waals surface area contributed by atoms with Crippen LogP contribution >= 0.6 is 0 Å². The van der Waals surface area contributed by atoms with Crippen LogP contribution in [0.25, 0.3) is 11.1 Å². The van der Waals surface area contributed by atoms with E-state index in [1.165, 1.54) is 42.6 Å². The van der Waals surface area contributed by atoms with Crippen LogP contribution < -0.4 is 5.73 Å². The van der Waals surface area contributed by atoms with E-state index in [1.807, 2.05) is 0 Å². The standard InChI is InChI=1S/C21H25N3O/c22-14-20-13-21(23-25-20)19-8-4-7-18(12-19)17-6-3-5-16(11-17)15-24-9-1-2-10-24/h3-8,11-12,20H,1-2,9-10,13-15,22H2. The van der Waals surface area contributed by atoms with Crippen molar-refractivity contribution in [2.24, 2.45) is 10.9 Å². The molecule has 1 saturated heterocycles. The Morgan fingerprint density at radius 2 is 1.72 bits per heavy atom. The van der Waals surface area contributed by atoms with Crippen molar-refractivity contribution in [3.05, 3.63) is 59.7 Å². The fourth-order valence-electron chi connectivity index (χ4n) is 3.65. The number of rotatable bonds is 5. The first kappa shape index (κ1) is 16.3. The van der Waals surface area contributed by atoms with Gasteiger partial charge < -0.3 is 10.6 Å². The molecular formula is C21H25N3O. The molecule has 0 saturated carbocycles. The molecule has 1 atom stereocenters. The van der Waals surface area contributed by atoms with Gasteiger partial charge in [-0.25, -0.2) is 0 Å². The molecule has 2 aromatic carbocycles. The van der Waals surface area contributed by atoms with Gasteiger partial charge in [-0.2, -0.15) is 0 Å². The summed E-state index contributed by atoms with van der Waals surface area (Å²) in [4.78, 5) is 7.90. The number of hydrogen-bond donors (Lipinski definition) is 1. The van der Waals surface area contributed by atoms with E-state index >= 15 is 0 Å². The van der Waals surface area contributed by atoms with Gasteiger partial charge in [-0.15, -0.1) is 0 Å². The van der Waals surface area contributed by atoms with Gasteiger partial charge in [-0.05, 0) is 54.8 Å². The third-order valence-corrected chi connectivity index (χ3v) is 5.06. The summed E-state index contributed by atoms with van der Waals surface area (Å²) in [5, 5.41) is 4.21. The summed E-state index contributed by atoms with van der Waals surface area (Å²) in [6.45, 7) is 4.00. The largest absolute Gasteiger partial charge is 0.390 e. The van der Waals surface area contributed by atoms with Gasteiger partial charge in [0, 0.05) is 25.1 Å². The predicted octanol–water partition coefficient (Wildman–Crippen LogP) is 3.40. The Hall–Kier alpha value is -2.17. The van der Waals surface area contributed by atoms with E-state index in [0.717, 1.165) is 24.2 Å². The zero-order valence-electron chi connectivity index (χ0n) is 14.5. The van der Waals surface area contributed by atoms with E-state index in [2.05, 4.69) is 58.6 Å². The molecule has 1 fully saturated rings. The third kappa shape index (κ3) is 3.75. The average Bonchev–Trinajstić information content (AvgIpc) is 3.34. The molecule has 0 bridgehead atoms. The van der Waals surface area contributed by atoms with Crippen LogP contribution in [-0.4, -0.2) is 36.3 Å². The number of likely N-dealkylation sites (tertiary alicyclic amines) is 1. The first-order valence-electron chi connectivity index (χ1n) is 9.17. The fourth-order valence-corrected chi connectivity index (χ4v) is 3.65. The van der Waals surface area contributed by atoms with Crippen LogP contribution in [0.15, 0.2) is 53.7 Å². The molecule has 2 N–H and O–H groups in total. The molecule has 0 amide bonds. The maximum absolute atomic E-state index is 5.68. The molecule has 2 aromatic rings. The van der Waals surface area contributed by atoms with Crippen LogP contribution in [0.5, 0.6) is 0 Å². The SMILES string of the molecule is NCC1CC(c2cccc(-c3cccc(CN4CCCC4)c3)c2)=NO1. The molecule has 130 valence electrons. The molecule has 4 heteroatoms. The smallest absolute Gasteiger partial charge is 0.145 e. The van der Waals surface area contributed by atoms with Crippen LogP contribution in [-0.2, 0) is 11.4 Å². The summed E-state index contributed by atoms with van der Waals surface area (Å²) in [5.74, 6) is 0. The number of oxime groups is 1. The van der Waals surface area contributed by atoms with Gasteiger partial charge in [0.2, 0.25) is 0 Å². The van der Waals surface area contributed by atoms with Gasteiger partial charge in [-0.3, -0.25) is 4.90 Å². The Morgan fingerprint density at radius 3 is 2.48 bits per heavy atom. The molecular weight excluding hydrogens is 310 g/mol. The average molecular weight is 335 g/mol. The maximum Gasteiger partial charge on any atom is 0.145 e. The zero-order valence-corrected chi connectivity index (χ0v) is 14.5. The normalized spacial score (nSPS) is 20.5. The number of nitrogens with zero attached hydrogens (tertiary/aromatic N) is 2. The van der Waals surface area contributed by atoms with E-state index in [4.69, 9.17) is 10.6 Å². The van der Waals surface area contributed by atoms with E-state index in [-0.39, 0.29) is 6.10 Å². The lowest BCUT2D eigenvalue weighted by molar-refractivity contribution is 0.0918. The Labute approximate surface area is 149 Å². The van der Waals surface area contributed by atoms with E-state index in [1.54, 1.807) is 0 Å². The molecule has 2 aliphatic heterocycles. The second-order valence-electron chi connectivity index (χ2n) is 6.97. The molecule has 0 spiro atoms. The van der Waals surface area contributed by atoms with Crippen LogP contribution in [0, 0.1) is 0 Å². The van der Waals surface area contributed by atoms with Crippen LogP contribution in [0.4, 0.5) is 0 Å². The van der Waals surface area contributed by atoms with E-state index in [9.17, 15) is 0 Å². The Bertz CT molecular complexity index is 765. The first-order chi connectivity index (χ1) is 12.3. The lowest BCUT2D eigenvalue weighted by Gasteiger charge is -2.15. The van der Waals surface area contributed by atoms with Crippen molar-refractivity contribution in [2.75, 3.05) is 19.6 Å². The van der Waals surface area contributed by atoms with Crippen molar-refractivity contribution < 1.29 is 4.84 Å². The second kappa shape index (κ2) is 7.38. The van der Waals surface area contributed by atoms with Crippen LogP contribution in [0.3, 0.4) is 0 Å². The molecule has 2 heterocycles. The van der Waals surface area contributed by atoms with Crippen LogP contribution in [0.2, 0.25) is 0 Å². The van der Waals surface area contributed by atoms with Gasteiger partial charge in [0.1, 0.15) is 6.10 Å². The molecule has 0 radical (unpaired) electrons. The molecule has 4 rings (SSSR count). The summed E-state index contributed by atoms with van der Waals surface area (Å²) < 4.78 is 0. The monoisotopic (exact) mass is 335 g/mol. The van der Waals surface area contributed by atoms with Gasteiger partial charge in [0.15, 0.2) is 0 Å². The Balaban J connectivity index is 1.54. The number of hydrogen-bond acceptors (Lipinski definition) is 4. The topological polar surface area (TPSA) is 50.8 Å². The van der Waals surface area contributed by atoms with Gasteiger partial charge in [0.25, 0.3) is 0 Å². The summed E-state index contributed by atoms with van der Waals surface area (Å²) >= 11 is 0. The van der Waals surface area contributed by atoms with Crippen molar-refractivity contribution in [1.29, 1.82) is 0 Å². The van der Waals surface area contributed by atoms with Crippen molar-refractivity contribution in [3.63, 3.8) is 0 Å². The quantitative estimate of drug-likeness (QED) is 0.911. The Kier molecular flexibility index (Phi) is 4.81. The highest BCUT2D eigenvalue weighted by molar-refractivity contribution is 6.02. The van der Waals surface area contributed by atoms with Crippen LogP contribution in [0.1, 0.15) is 30.4 Å². The van der Waals surface area contributed by atoms with Gasteiger partial charge in [-0.1, -0.05) is 41.6 Å². The minimum Gasteiger partial charge on any atom is -0.390 e. The minimum absolute atomic E-state index is 0.0162. The lowest BCUT2D eigenvalue weighted by atomic mass is 9.98. The predicted molar refractivity (Wildman–Crippen MR) is 101 cm³/mol. The number of nitrogens with two attached hydrogens (primary N) is 1. The maximum atomic E-state index is 5.68. The number of benzene rings is 2. The molecule has 25 heavy (non-hydrogen) atoms. The minimum atomic E-state index is 0.0162. The van der Waals surface area contributed by atoms with E-state index in [0.29, 0.717) is 6.54 Å². The van der Waals surface area contributed by atoms with E-state index < -0.39 is 0 Å². The molecule has 1 unspecified atom stereocenters. The summed E-state index contributed by atoms with van der Waals surface area (Å²) in [6, 6.07) is 17.4. The van der Waals surface area contributed by atoms with Crippen molar-refractivity contribution >= 4 is 5.71 Å². The first-order valence-corrected chi connectivity index (χ1v) is 9.17. The van der Waals surface area contributed by atoms with Crippen molar-refractivity contribution in [2.45, 2.75) is 31.9 Å². The highest BCUT2D eigenvalue weighted by Crippen LogP contribution is 2.25. The molecule has 0 aromatic heterocycles. The zero-order chi connectivity index (χ0) is 17.1. The molecule has 4 nitrogen and oxygen atoms in total. The highest BCUT2D eigenvalue weighted by Gasteiger charge is 2.20.